The van der Waals surface area contributed by atoms with Crippen LogP contribution >= 0.6 is 0 Å². The summed E-state index contributed by atoms with van der Waals surface area (Å²) in [5, 5.41) is 4.15. The Bertz CT molecular complexity index is 1060. The van der Waals surface area contributed by atoms with E-state index in [1.54, 1.807) is 10.7 Å². The van der Waals surface area contributed by atoms with Crippen LogP contribution in [0.15, 0.2) is 42.7 Å². The zero-order valence-corrected chi connectivity index (χ0v) is 17.7. The highest BCUT2D eigenvalue weighted by Crippen LogP contribution is 2.36. The molecule has 2 aliphatic rings. The van der Waals surface area contributed by atoms with Crippen molar-refractivity contribution in [3.05, 3.63) is 53.9 Å². The second-order valence-electron chi connectivity index (χ2n) is 8.16. The van der Waals surface area contributed by atoms with Crippen LogP contribution in [0.25, 0.3) is 5.52 Å². The van der Waals surface area contributed by atoms with Crippen molar-refractivity contribution in [3.8, 4) is 11.5 Å². The molecule has 4 heterocycles. The summed E-state index contributed by atoms with van der Waals surface area (Å²) in [7, 11) is 0. The maximum absolute atomic E-state index is 11.1. The van der Waals surface area contributed by atoms with E-state index in [4.69, 9.17) is 9.47 Å². The maximum atomic E-state index is 11.1. The van der Waals surface area contributed by atoms with Crippen molar-refractivity contribution in [2.24, 2.45) is 0 Å². The molecule has 0 atom stereocenters. The summed E-state index contributed by atoms with van der Waals surface area (Å²) in [6.07, 6.45) is 7.36. The lowest BCUT2D eigenvalue weighted by Gasteiger charge is -2.36. The number of fused-ring (bicyclic) bond motifs is 2. The molecule has 1 aromatic carbocycles. The van der Waals surface area contributed by atoms with Gasteiger partial charge in [0.05, 0.1) is 36.2 Å². The molecule has 1 fully saturated rings. The molecule has 7 nitrogen and oxygen atoms in total. The van der Waals surface area contributed by atoms with Crippen molar-refractivity contribution in [2.75, 3.05) is 50.8 Å². The van der Waals surface area contributed by atoms with Gasteiger partial charge in [-0.15, -0.1) is 0 Å². The largest absolute Gasteiger partial charge is 0.493 e. The SMILES string of the molecule is O=Cc1cnn2ccc(OCCCCN3CCN(c4cccc5c4OCC5)CC3)cc12. The van der Waals surface area contributed by atoms with E-state index in [2.05, 4.69) is 33.1 Å². The van der Waals surface area contributed by atoms with Gasteiger partial charge >= 0.3 is 0 Å². The Morgan fingerprint density at radius 2 is 2.03 bits per heavy atom. The normalized spacial score (nSPS) is 16.3. The summed E-state index contributed by atoms with van der Waals surface area (Å²) in [5.74, 6) is 1.88. The number of para-hydroxylation sites is 1. The summed E-state index contributed by atoms with van der Waals surface area (Å²) in [6, 6.07) is 10.3. The Balaban J connectivity index is 1.04. The molecule has 0 aliphatic carbocycles. The molecule has 3 aromatic rings. The summed E-state index contributed by atoms with van der Waals surface area (Å²) >= 11 is 0. The van der Waals surface area contributed by atoms with Gasteiger partial charge in [-0.2, -0.15) is 5.10 Å². The van der Waals surface area contributed by atoms with Gasteiger partial charge in [-0.1, -0.05) is 12.1 Å². The Kier molecular flexibility index (Phi) is 5.76. The average molecular weight is 421 g/mol. The summed E-state index contributed by atoms with van der Waals surface area (Å²) in [4.78, 5) is 16.1. The Morgan fingerprint density at radius 3 is 2.90 bits per heavy atom. The predicted octanol–water partition coefficient (Wildman–Crippen LogP) is 3.06. The first kappa shape index (κ1) is 19.9. The van der Waals surface area contributed by atoms with E-state index in [0.29, 0.717) is 12.2 Å². The van der Waals surface area contributed by atoms with Gasteiger partial charge in [-0.25, -0.2) is 4.52 Å². The third-order valence-corrected chi connectivity index (χ3v) is 6.19. The van der Waals surface area contributed by atoms with Crippen molar-refractivity contribution in [3.63, 3.8) is 0 Å². The van der Waals surface area contributed by atoms with E-state index < -0.39 is 0 Å². The van der Waals surface area contributed by atoms with Crippen LogP contribution in [0.1, 0.15) is 28.8 Å². The Labute approximate surface area is 182 Å². The first-order chi connectivity index (χ1) is 15.3. The molecule has 5 rings (SSSR count). The van der Waals surface area contributed by atoms with E-state index in [9.17, 15) is 4.79 Å². The zero-order valence-electron chi connectivity index (χ0n) is 17.7. The number of anilines is 1. The van der Waals surface area contributed by atoms with Gasteiger partial charge in [-0.3, -0.25) is 9.69 Å². The van der Waals surface area contributed by atoms with Crippen molar-refractivity contribution < 1.29 is 14.3 Å². The maximum Gasteiger partial charge on any atom is 0.153 e. The van der Waals surface area contributed by atoms with Crippen LogP contribution in [-0.2, 0) is 6.42 Å². The standard InChI is InChI=1S/C24H28N4O3/c29-18-20-17-25-28-9-6-21(16-23(20)28)30-14-2-1-8-26-10-12-27(13-11-26)22-5-3-4-19-7-15-31-24(19)22/h3-6,9,16-18H,1-2,7-8,10-15H2. The summed E-state index contributed by atoms with van der Waals surface area (Å²) in [5.41, 5.74) is 3.96. The van der Waals surface area contributed by atoms with Gasteiger partial charge in [0.15, 0.2) is 6.29 Å². The minimum absolute atomic E-state index is 0.580. The zero-order chi connectivity index (χ0) is 21.0. The third kappa shape index (κ3) is 4.23. The topological polar surface area (TPSA) is 59.3 Å². The van der Waals surface area contributed by atoms with E-state index in [0.717, 1.165) is 81.9 Å². The Hall–Kier alpha value is -3.06. The monoisotopic (exact) mass is 420 g/mol. The minimum atomic E-state index is 0.580. The molecule has 0 spiro atoms. The molecule has 0 amide bonds. The van der Waals surface area contributed by atoms with Gasteiger partial charge in [0, 0.05) is 44.9 Å². The highest BCUT2D eigenvalue weighted by atomic mass is 16.5. The molecule has 0 N–H and O–H groups in total. The number of nitrogens with zero attached hydrogens (tertiary/aromatic N) is 4. The smallest absolute Gasteiger partial charge is 0.153 e. The van der Waals surface area contributed by atoms with E-state index >= 15 is 0 Å². The number of unbranched alkanes of at least 4 members (excludes halogenated alkanes) is 1. The molecule has 0 unspecified atom stereocenters. The molecule has 1 saturated heterocycles. The molecule has 2 aliphatic heterocycles. The fourth-order valence-electron chi connectivity index (χ4n) is 4.45. The first-order valence-corrected chi connectivity index (χ1v) is 11.1. The van der Waals surface area contributed by atoms with Gasteiger partial charge < -0.3 is 14.4 Å². The molecule has 0 radical (unpaired) electrons. The lowest BCUT2D eigenvalue weighted by atomic mass is 10.1. The van der Waals surface area contributed by atoms with Crippen LogP contribution in [0, 0.1) is 0 Å². The third-order valence-electron chi connectivity index (χ3n) is 6.19. The highest BCUT2D eigenvalue weighted by Gasteiger charge is 2.23. The van der Waals surface area contributed by atoms with Gasteiger partial charge in [0.25, 0.3) is 0 Å². The summed E-state index contributed by atoms with van der Waals surface area (Å²) in [6.45, 7) is 6.82. The second-order valence-corrected chi connectivity index (χ2v) is 8.16. The first-order valence-electron chi connectivity index (χ1n) is 11.1. The Morgan fingerprint density at radius 1 is 1.13 bits per heavy atom. The molecule has 2 aromatic heterocycles. The number of ether oxygens (including phenoxy) is 2. The number of pyridine rings is 1. The number of benzene rings is 1. The number of carbonyl (C=O) groups excluding carboxylic acids is 1. The van der Waals surface area contributed by atoms with Crippen molar-refractivity contribution in [1.29, 1.82) is 0 Å². The summed E-state index contributed by atoms with van der Waals surface area (Å²) < 4.78 is 13.5. The number of hydrogen-bond donors (Lipinski definition) is 0. The van der Waals surface area contributed by atoms with Crippen LogP contribution in [0.3, 0.4) is 0 Å². The van der Waals surface area contributed by atoms with Gasteiger partial charge in [0.2, 0.25) is 0 Å². The second kappa shape index (κ2) is 8.98. The molecule has 0 saturated carbocycles. The van der Waals surface area contributed by atoms with Crippen LogP contribution in [0.5, 0.6) is 11.5 Å². The van der Waals surface area contributed by atoms with Gasteiger partial charge in [0.1, 0.15) is 11.5 Å². The number of hydrogen-bond acceptors (Lipinski definition) is 6. The number of rotatable bonds is 8. The van der Waals surface area contributed by atoms with Crippen LogP contribution in [-0.4, -0.2) is 66.7 Å². The molecular formula is C24H28N4O3. The number of piperazine rings is 1. The highest BCUT2D eigenvalue weighted by molar-refractivity contribution is 5.85. The van der Waals surface area contributed by atoms with E-state index in [1.165, 1.54) is 11.3 Å². The molecular weight excluding hydrogens is 392 g/mol. The number of aromatic nitrogens is 2. The quantitative estimate of drug-likeness (QED) is 0.412. The molecule has 0 bridgehead atoms. The lowest BCUT2D eigenvalue weighted by Crippen LogP contribution is -2.46. The van der Waals surface area contributed by atoms with Gasteiger partial charge in [-0.05, 0) is 37.1 Å². The molecule has 31 heavy (non-hydrogen) atoms. The predicted molar refractivity (Wildman–Crippen MR) is 120 cm³/mol. The lowest BCUT2D eigenvalue weighted by molar-refractivity contribution is 0.112. The van der Waals surface area contributed by atoms with Crippen LogP contribution in [0.2, 0.25) is 0 Å². The van der Waals surface area contributed by atoms with Crippen molar-refractivity contribution >= 4 is 17.5 Å². The molecule has 7 heteroatoms. The van der Waals surface area contributed by atoms with Crippen LogP contribution in [0.4, 0.5) is 5.69 Å². The molecule has 162 valence electrons. The fraction of sp³-hybridized carbons (Fsp3) is 0.417. The van der Waals surface area contributed by atoms with E-state index in [1.807, 2.05) is 18.3 Å². The number of carbonyl (C=O) groups is 1. The fourth-order valence-corrected chi connectivity index (χ4v) is 4.45. The van der Waals surface area contributed by atoms with Crippen LogP contribution < -0.4 is 14.4 Å². The number of aldehydes is 1. The average Bonchev–Trinajstić information content (AvgIpc) is 3.45. The van der Waals surface area contributed by atoms with Crippen molar-refractivity contribution in [1.82, 2.24) is 14.5 Å². The van der Waals surface area contributed by atoms with E-state index in [-0.39, 0.29) is 0 Å². The van der Waals surface area contributed by atoms with Crippen molar-refractivity contribution in [2.45, 2.75) is 19.3 Å². The minimum Gasteiger partial charge on any atom is -0.493 e.